The summed E-state index contributed by atoms with van der Waals surface area (Å²) in [5.41, 5.74) is 1.23. The van der Waals surface area contributed by atoms with Gasteiger partial charge in [0.1, 0.15) is 17.5 Å². The molecular formula is C29H38FN3O3. The van der Waals surface area contributed by atoms with Crippen molar-refractivity contribution in [3.8, 4) is 16.9 Å². The number of ether oxygens (including phenoxy) is 1. The second-order valence-electron chi connectivity index (χ2n) is 10.6. The van der Waals surface area contributed by atoms with E-state index < -0.39 is 11.7 Å². The predicted molar refractivity (Wildman–Crippen MR) is 140 cm³/mol. The summed E-state index contributed by atoms with van der Waals surface area (Å²) in [5.74, 6) is 1.04. The Balaban J connectivity index is 1.37. The molecule has 1 unspecified atom stereocenters. The number of piperidine rings is 1. The summed E-state index contributed by atoms with van der Waals surface area (Å²) in [6, 6.07) is 15.0. The molecule has 36 heavy (non-hydrogen) atoms. The lowest BCUT2D eigenvalue weighted by Crippen LogP contribution is -2.45. The third-order valence-corrected chi connectivity index (χ3v) is 7.18. The fraction of sp³-hybridized carbons (Fsp3) is 0.517. The minimum absolute atomic E-state index is 0.112. The van der Waals surface area contributed by atoms with Crippen LogP contribution in [-0.2, 0) is 4.79 Å². The molecule has 2 aliphatic heterocycles. The van der Waals surface area contributed by atoms with E-state index in [1.807, 2.05) is 48.5 Å². The number of amides is 2. The lowest BCUT2D eigenvalue weighted by Gasteiger charge is -2.34. The molecule has 1 atom stereocenters. The number of carbonyl (C=O) groups is 2. The van der Waals surface area contributed by atoms with Crippen molar-refractivity contribution in [3.05, 3.63) is 54.1 Å². The van der Waals surface area contributed by atoms with Gasteiger partial charge in [-0.15, -0.1) is 0 Å². The van der Waals surface area contributed by atoms with Gasteiger partial charge >= 0.3 is 0 Å². The van der Waals surface area contributed by atoms with E-state index >= 15 is 0 Å². The van der Waals surface area contributed by atoms with Crippen LogP contribution in [0.15, 0.2) is 48.5 Å². The van der Waals surface area contributed by atoms with Gasteiger partial charge in [0.05, 0.1) is 6.61 Å². The molecule has 2 fully saturated rings. The lowest BCUT2D eigenvalue weighted by atomic mass is 9.96. The molecule has 194 valence electrons. The van der Waals surface area contributed by atoms with Gasteiger partial charge in [-0.2, -0.15) is 0 Å². The average Bonchev–Trinajstić information content (AvgIpc) is 3.37. The Kier molecular flexibility index (Phi) is 8.29. The maximum atomic E-state index is 13.9. The van der Waals surface area contributed by atoms with Crippen LogP contribution in [0.1, 0.15) is 49.9 Å². The largest absolute Gasteiger partial charge is 0.493 e. The molecular weight excluding hydrogens is 457 g/mol. The Labute approximate surface area is 213 Å². The third-order valence-electron chi connectivity index (χ3n) is 7.18. The smallest absolute Gasteiger partial charge is 0.255 e. The summed E-state index contributed by atoms with van der Waals surface area (Å²) in [7, 11) is 1.61. The summed E-state index contributed by atoms with van der Waals surface area (Å²) >= 11 is 0. The highest BCUT2D eigenvalue weighted by Gasteiger charge is 2.34. The van der Waals surface area contributed by atoms with Crippen LogP contribution in [0.3, 0.4) is 0 Å². The number of alkyl halides is 1. The zero-order valence-electron chi connectivity index (χ0n) is 21.6. The molecule has 4 rings (SSSR count). The number of nitrogens with zero attached hydrogens (tertiary/aromatic N) is 2. The van der Waals surface area contributed by atoms with Crippen molar-refractivity contribution in [2.75, 3.05) is 39.8 Å². The van der Waals surface area contributed by atoms with Gasteiger partial charge in [-0.3, -0.25) is 9.59 Å². The Morgan fingerprint density at radius 1 is 1.03 bits per heavy atom. The monoisotopic (exact) mass is 495 g/mol. The summed E-state index contributed by atoms with van der Waals surface area (Å²) in [6.07, 6.45) is 3.53. The zero-order valence-corrected chi connectivity index (χ0v) is 21.6. The molecule has 2 aromatic carbocycles. The molecule has 2 aliphatic rings. The van der Waals surface area contributed by atoms with Gasteiger partial charge in [0, 0.05) is 25.7 Å². The van der Waals surface area contributed by atoms with Crippen LogP contribution < -0.4 is 10.1 Å². The van der Waals surface area contributed by atoms with Gasteiger partial charge in [-0.05, 0) is 87.9 Å². The number of benzene rings is 2. The number of halogens is 1. The number of nitrogens with one attached hydrogen (secondary N) is 1. The number of hydrogen-bond acceptors (Lipinski definition) is 4. The van der Waals surface area contributed by atoms with Crippen LogP contribution >= 0.6 is 0 Å². The molecule has 0 bridgehead atoms. The molecule has 0 aromatic heterocycles. The minimum Gasteiger partial charge on any atom is -0.493 e. The summed E-state index contributed by atoms with van der Waals surface area (Å²) in [4.78, 5) is 29.6. The lowest BCUT2D eigenvalue weighted by molar-refractivity contribution is -0.124. The molecule has 0 radical (unpaired) electrons. The molecule has 0 saturated carbocycles. The average molecular weight is 496 g/mol. The number of likely N-dealkylation sites (N-methyl/N-ethyl adjacent to an activating group) is 1. The Bertz CT molecular complexity index is 1040. The first-order chi connectivity index (χ1) is 17.2. The second kappa shape index (κ2) is 11.4. The van der Waals surface area contributed by atoms with Crippen molar-refractivity contribution in [1.29, 1.82) is 0 Å². The highest BCUT2D eigenvalue weighted by Crippen LogP contribution is 2.30. The molecule has 2 aromatic rings. The summed E-state index contributed by atoms with van der Waals surface area (Å²) < 4.78 is 20.0. The fourth-order valence-corrected chi connectivity index (χ4v) is 5.31. The molecule has 2 saturated heterocycles. The van der Waals surface area contributed by atoms with Crippen LogP contribution in [0.25, 0.3) is 11.1 Å². The van der Waals surface area contributed by atoms with Crippen molar-refractivity contribution in [2.45, 2.75) is 51.2 Å². The van der Waals surface area contributed by atoms with Crippen molar-refractivity contribution in [1.82, 2.24) is 15.1 Å². The van der Waals surface area contributed by atoms with Crippen molar-refractivity contribution in [3.63, 3.8) is 0 Å². The first-order valence-corrected chi connectivity index (χ1v) is 13.0. The zero-order chi connectivity index (χ0) is 25.7. The van der Waals surface area contributed by atoms with Gasteiger partial charge in [0.25, 0.3) is 5.91 Å². The fourth-order valence-electron chi connectivity index (χ4n) is 5.31. The molecule has 0 spiro atoms. The molecule has 6 nitrogen and oxygen atoms in total. The van der Waals surface area contributed by atoms with Gasteiger partial charge < -0.3 is 19.9 Å². The predicted octanol–water partition coefficient (Wildman–Crippen LogP) is 4.54. The van der Waals surface area contributed by atoms with Gasteiger partial charge in [0.2, 0.25) is 5.91 Å². The minimum atomic E-state index is -1.16. The number of likely N-dealkylation sites (tertiary alicyclic amines) is 2. The number of carbonyl (C=O) groups excluding carboxylic acids is 2. The van der Waals surface area contributed by atoms with Gasteiger partial charge in [-0.25, -0.2) is 4.39 Å². The first-order valence-electron chi connectivity index (χ1n) is 13.0. The van der Waals surface area contributed by atoms with Crippen molar-refractivity contribution >= 4 is 11.8 Å². The Morgan fingerprint density at radius 3 is 2.39 bits per heavy atom. The van der Waals surface area contributed by atoms with E-state index in [1.165, 1.54) is 0 Å². The topological polar surface area (TPSA) is 61.9 Å². The maximum Gasteiger partial charge on any atom is 0.255 e. The van der Waals surface area contributed by atoms with Gasteiger partial charge in [0.15, 0.2) is 0 Å². The molecule has 1 N–H and O–H groups in total. The van der Waals surface area contributed by atoms with E-state index in [-0.39, 0.29) is 11.8 Å². The van der Waals surface area contributed by atoms with Crippen LogP contribution in [0, 0.1) is 5.92 Å². The third kappa shape index (κ3) is 6.44. The molecule has 2 heterocycles. The van der Waals surface area contributed by atoms with Crippen molar-refractivity contribution in [2.24, 2.45) is 5.92 Å². The van der Waals surface area contributed by atoms with E-state index in [9.17, 15) is 14.0 Å². The SMILES string of the molecule is CNC(=O)C1CCCN1C(=O)c1ccccc1-c1ccc(OCC2CCN(CC(C)(C)F)CC2)cc1. The van der Waals surface area contributed by atoms with E-state index in [2.05, 4.69) is 10.2 Å². The van der Waals surface area contributed by atoms with E-state index in [0.717, 1.165) is 49.2 Å². The summed E-state index contributed by atoms with van der Waals surface area (Å²) in [5, 5.41) is 2.68. The Morgan fingerprint density at radius 2 is 1.72 bits per heavy atom. The van der Waals surface area contributed by atoms with E-state index in [0.29, 0.717) is 37.6 Å². The normalized spacial score (nSPS) is 19.3. The highest BCUT2D eigenvalue weighted by molar-refractivity contribution is 6.03. The van der Waals surface area contributed by atoms with Crippen LogP contribution in [-0.4, -0.2) is 73.2 Å². The van der Waals surface area contributed by atoms with Gasteiger partial charge in [-0.1, -0.05) is 30.3 Å². The molecule has 7 heteroatoms. The molecule has 2 amide bonds. The van der Waals surface area contributed by atoms with Crippen LogP contribution in [0.4, 0.5) is 4.39 Å². The van der Waals surface area contributed by atoms with Crippen LogP contribution in [0.5, 0.6) is 5.75 Å². The standard InChI is InChI=1S/C29H38FN3O3/c1-29(2,30)20-32-17-14-21(15-18-32)19-36-23-12-10-22(11-13-23)24-7-4-5-8-25(24)28(35)33-16-6-9-26(33)27(34)31-3/h4-5,7-8,10-13,21,26H,6,9,14-20H2,1-3H3,(H,31,34). The number of hydrogen-bond donors (Lipinski definition) is 1. The quantitative estimate of drug-likeness (QED) is 0.584. The first kappa shape index (κ1) is 26.1. The highest BCUT2D eigenvalue weighted by atomic mass is 19.1. The second-order valence-corrected chi connectivity index (χ2v) is 10.6. The number of rotatable bonds is 8. The van der Waals surface area contributed by atoms with E-state index in [1.54, 1.807) is 25.8 Å². The van der Waals surface area contributed by atoms with Crippen LogP contribution in [0.2, 0.25) is 0 Å². The molecule has 0 aliphatic carbocycles. The maximum absolute atomic E-state index is 13.9. The van der Waals surface area contributed by atoms with Crippen molar-refractivity contribution < 1.29 is 18.7 Å². The Hall–Kier alpha value is -2.93. The van der Waals surface area contributed by atoms with E-state index in [4.69, 9.17) is 4.74 Å². The summed E-state index contributed by atoms with van der Waals surface area (Å²) in [6.45, 7) is 6.80.